The van der Waals surface area contributed by atoms with Crippen LogP contribution in [0, 0.1) is 20.8 Å². The minimum Gasteiger partial charge on any atom is -0.318 e. The number of aryl methyl sites for hydroxylation is 2. The summed E-state index contributed by atoms with van der Waals surface area (Å²) in [7, 11) is -3.91. The molecule has 1 amide bonds. The van der Waals surface area contributed by atoms with Gasteiger partial charge in [-0.05, 0) is 69.2 Å². The Morgan fingerprint density at radius 3 is 2.25 bits per heavy atom. The molecule has 208 valence electrons. The fourth-order valence-electron chi connectivity index (χ4n) is 4.40. The number of nitrogens with zero attached hydrogens (tertiary/aromatic N) is 3. The third kappa shape index (κ3) is 7.20. The molecule has 0 unspecified atom stereocenters. The summed E-state index contributed by atoms with van der Waals surface area (Å²) in [5, 5.41) is 5.16. The Kier molecular flexibility index (Phi) is 9.48. The van der Waals surface area contributed by atoms with Crippen LogP contribution in [0.3, 0.4) is 0 Å². The Bertz CT molecular complexity index is 1610. The average Bonchev–Trinajstić information content (AvgIpc) is 3.19. The van der Waals surface area contributed by atoms with Crippen molar-refractivity contribution < 1.29 is 13.2 Å². The van der Waals surface area contributed by atoms with Crippen LogP contribution in [0.2, 0.25) is 10.0 Å². The second-order valence-corrected chi connectivity index (χ2v) is 12.3. The molecule has 1 N–H and O–H groups in total. The zero-order chi connectivity index (χ0) is 28.9. The number of hydrazone groups is 1. The first-order valence-electron chi connectivity index (χ1n) is 12.6. The molecule has 1 heterocycles. The number of carbonyl (C=O) groups excluding carboxylic acids is 1. The zero-order valence-electron chi connectivity index (χ0n) is 22.4. The molecule has 4 rings (SSSR count). The molecule has 0 spiro atoms. The van der Waals surface area contributed by atoms with Crippen LogP contribution in [0.4, 0.5) is 0 Å². The van der Waals surface area contributed by atoms with Crippen molar-refractivity contribution in [2.24, 2.45) is 5.10 Å². The lowest BCUT2D eigenvalue weighted by Crippen LogP contribution is -2.40. The minimum absolute atomic E-state index is 0.135. The fourth-order valence-corrected chi connectivity index (χ4v) is 6.31. The molecule has 4 aromatic rings. The normalized spacial score (nSPS) is 11.8. The van der Waals surface area contributed by atoms with Gasteiger partial charge in [-0.25, -0.2) is 13.8 Å². The molecule has 0 aliphatic rings. The SMILES string of the molecule is Cc1ccc(S(=O)(=O)N(CCc2ccccc2)CC(=O)N/N=C/c2cc(C)n(-c3cc(Cl)cc(Cl)c3)c2C)cc1. The van der Waals surface area contributed by atoms with Gasteiger partial charge < -0.3 is 4.57 Å². The number of hydrogen-bond donors (Lipinski definition) is 1. The van der Waals surface area contributed by atoms with Gasteiger partial charge in [0.15, 0.2) is 0 Å². The second-order valence-electron chi connectivity index (χ2n) is 9.47. The predicted octanol–water partition coefficient (Wildman–Crippen LogP) is 6.09. The molecule has 0 aliphatic heterocycles. The molecule has 10 heteroatoms. The van der Waals surface area contributed by atoms with Gasteiger partial charge in [0, 0.05) is 39.2 Å². The summed E-state index contributed by atoms with van der Waals surface area (Å²) in [6.45, 7) is 5.51. The van der Waals surface area contributed by atoms with Crippen molar-refractivity contribution in [3.05, 3.63) is 117 Å². The van der Waals surface area contributed by atoms with Crippen LogP contribution in [-0.4, -0.2) is 42.5 Å². The predicted molar refractivity (Wildman–Crippen MR) is 161 cm³/mol. The molecule has 40 heavy (non-hydrogen) atoms. The van der Waals surface area contributed by atoms with Crippen LogP contribution in [0.5, 0.6) is 0 Å². The van der Waals surface area contributed by atoms with E-state index in [1.807, 2.05) is 73.9 Å². The molecule has 0 aliphatic carbocycles. The van der Waals surface area contributed by atoms with Gasteiger partial charge in [-0.1, -0.05) is 71.2 Å². The van der Waals surface area contributed by atoms with Gasteiger partial charge in [0.1, 0.15) is 0 Å². The highest BCUT2D eigenvalue weighted by molar-refractivity contribution is 7.89. The lowest BCUT2D eigenvalue weighted by molar-refractivity contribution is -0.121. The van der Waals surface area contributed by atoms with Crippen molar-refractivity contribution in [3.63, 3.8) is 0 Å². The van der Waals surface area contributed by atoms with Crippen LogP contribution in [0.1, 0.15) is 28.1 Å². The molecule has 7 nitrogen and oxygen atoms in total. The number of sulfonamides is 1. The van der Waals surface area contributed by atoms with Crippen molar-refractivity contribution in [1.29, 1.82) is 0 Å². The van der Waals surface area contributed by atoms with Gasteiger partial charge >= 0.3 is 0 Å². The van der Waals surface area contributed by atoms with Gasteiger partial charge in [0.25, 0.3) is 5.91 Å². The molecule has 0 bridgehead atoms. The summed E-state index contributed by atoms with van der Waals surface area (Å²) < 4.78 is 30.1. The maximum atomic E-state index is 13.4. The standard InChI is InChI=1S/C30H30Cl2N4O3S/c1-21-9-11-29(12-10-21)40(38,39)35(14-13-24-7-5-4-6-8-24)20-30(37)34-33-19-25-15-22(2)36(23(25)3)28-17-26(31)16-27(32)18-28/h4-12,15-19H,13-14,20H2,1-3H3,(H,34,37)/b33-19+. The number of aromatic nitrogens is 1. The van der Waals surface area contributed by atoms with E-state index >= 15 is 0 Å². The summed E-state index contributed by atoms with van der Waals surface area (Å²) in [6.07, 6.45) is 1.99. The summed E-state index contributed by atoms with van der Waals surface area (Å²) >= 11 is 12.4. The Morgan fingerprint density at radius 1 is 0.950 bits per heavy atom. The topological polar surface area (TPSA) is 83.8 Å². The molecule has 3 aromatic carbocycles. The van der Waals surface area contributed by atoms with E-state index in [-0.39, 0.29) is 18.0 Å². The van der Waals surface area contributed by atoms with E-state index < -0.39 is 15.9 Å². The first-order valence-corrected chi connectivity index (χ1v) is 14.8. The second kappa shape index (κ2) is 12.8. The smallest absolute Gasteiger partial charge is 0.255 e. The van der Waals surface area contributed by atoms with E-state index in [1.165, 1.54) is 10.5 Å². The molecule has 0 saturated carbocycles. The summed E-state index contributed by atoms with van der Waals surface area (Å²) in [5.74, 6) is -0.546. The van der Waals surface area contributed by atoms with Crippen molar-refractivity contribution in [1.82, 2.24) is 14.3 Å². The maximum Gasteiger partial charge on any atom is 0.255 e. The van der Waals surface area contributed by atoms with Crippen LogP contribution in [0.25, 0.3) is 5.69 Å². The number of halogens is 2. The van der Waals surface area contributed by atoms with Crippen LogP contribution < -0.4 is 5.43 Å². The van der Waals surface area contributed by atoms with Gasteiger partial charge in [0.2, 0.25) is 10.0 Å². The first kappa shape index (κ1) is 29.6. The van der Waals surface area contributed by atoms with E-state index in [1.54, 1.807) is 30.3 Å². The molecule has 0 atom stereocenters. The number of rotatable bonds is 10. The van der Waals surface area contributed by atoms with Crippen LogP contribution in [-0.2, 0) is 21.2 Å². The summed E-state index contributed by atoms with van der Waals surface area (Å²) in [5.41, 5.74) is 7.79. The quantitative estimate of drug-likeness (QED) is 0.177. The Morgan fingerprint density at radius 2 is 1.60 bits per heavy atom. The lowest BCUT2D eigenvalue weighted by Gasteiger charge is -2.21. The number of benzene rings is 3. The molecule has 0 fully saturated rings. The monoisotopic (exact) mass is 596 g/mol. The van der Waals surface area contributed by atoms with Crippen molar-refractivity contribution in [3.8, 4) is 5.69 Å². The van der Waals surface area contributed by atoms with Crippen LogP contribution >= 0.6 is 23.2 Å². The van der Waals surface area contributed by atoms with E-state index in [2.05, 4.69) is 10.5 Å². The van der Waals surface area contributed by atoms with Gasteiger partial charge in [0.05, 0.1) is 17.7 Å². The average molecular weight is 598 g/mol. The summed E-state index contributed by atoms with van der Waals surface area (Å²) in [4.78, 5) is 13.0. The highest BCUT2D eigenvalue weighted by Crippen LogP contribution is 2.26. The van der Waals surface area contributed by atoms with Gasteiger partial charge in [-0.2, -0.15) is 9.41 Å². The third-order valence-electron chi connectivity index (χ3n) is 6.44. The Labute approximate surface area is 245 Å². The number of carbonyl (C=O) groups is 1. The van der Waals surface area contributed by atoms with E-state index in [9.17, 15) is 13.2 Å². The largest absolute Gasteiger partial charge is 0.318 e. The van der Waals surface area contributed by atoms with E-state index in [4.69, 9.17) is 23.2 Å². The van der Waals surface area contributed by atoms with Crippen molar-refractivity contribution in [2.75, 3.05) is 13.1 Å². The van der Waals surface area contributed by atoms with E-state index in [0.717, 1.165) is 33.8 Å². The number of amides is 1. The first-order chi connectivity index (χ1) is 19.0. The van der Waals surface area contributed by atoms with Crippen molar-refractivity contribution in [2.45, 2.75) is 32.1 Å². The Balaban J connectivity index is 1.50. The minimum atomic E-state index is -3.91. The number of hydrogen-bond acceptors (Lipinski definition) is 4. The highest BCUT2D eigenvalue weighted by Gasteiger charge is 2.26. The van der Waals surface area contributed by atoms with Gasteiger partial charge in [-0.3, -0.25) is 4.79 Å². The lowest BCUT2D eigenvalue weighted by atomic mass is 10.1. The maximum absolute atomic E-state index is 13.4. The summed E-state index contributed by atoms with van der Waals surface area (Å²) in [6, 6.07) is 23.3. The molecule has 0 radical (unpaired) electrons. The van der Waals surface area contributed by atoms with Crippen molar-refractivity contribution >= 4 is 45.3 Å². The zero-order valence-corrected chi connectivity index (χ0v) is 24.8. The Hall–Kier alpha value is -3.43. The molecular weight excluding hydrogens is 567 g/mol. The molecule has 1 aromatic heterocycles. The highest BCUT2D eigenvalue weighted by atomic mass is 35.5. The van der Waals surface area contributed by atoms with Gasteiger partial charge in [-0.15, -0.1) is 0 Å². The molecule has 0 saturated heterocycles. The molecular formula is C30H30Cl2N4O3S. The number of nitrogens with one attached hydrogen (secondary N) is 1. The van der Waals surface area contributed by atoms with E-state index in [0.29, 0.717) is 16.5 Å². The third-order valence-corrected chi connectivity index (χ3v) is 8.74. The fraction of sp³-hybridized carbons (Fsp3) is 0.200. The van der Waals surface area contributed by atoms with Crippen LogP contribution in [0.15, 0.2) is 88.9 Å².